The first-order valence-corrected chi connectivity index (χ1v) is 7.12. The number of hydrogen-bond acceptors (Lipinski definition) is 2. The number of nitrogens with zero attached hydrogens (tertiary/aromatic N) is 2. The van der Waals surface area contributed by atoms with Gasteiger partial charge >= 0.3 is 10.2 Å². The molecule has 0 unspecified atom stereocenters. The number of benzene rings is 1. The molecule has 0 radical (unpaired) electrons. The summed E-state index contributed by atoms with van der Waals surface area (Å²) in [6.07, 6.45) is 0. The monoisotopic (exact) mass is 304 g/mol. The topological polar surface area (TPSA) is 40.6 Å². The molecule has 16 heavy (non-hydrogen) atoms. The standard InChI is InChI=1S/C10H13BrN2O2S/c1-8-7-9(3-4-10(8)11)13-6-5-12(2)16(13,14)15/h3-4,7H,5-6H2,1-2H3. The SMILES string of the molecule is Cc1cc(N2CCN(C)S2(=O)=O)ccc1Br. The zero-order valence-electron chi connectivity index (χ0n) is 9.14. The van der Waals surface area contributed by atoms with Crippen molar-refractivity contribution in [2.75, 3.05) is 24.4 Å². The van der Waals surface area contributed by atoms with Crippen molar-refractivity contribution >= 4 is 31.8 Å². The Morgan fingerprint density at radius 2 is 2.00 bits per heavy atom. The predicted molar refractivity (Wildman–Crippen MR) is 67.8 cm³/mol. The predicted octanol–water partition coefficient (Wildman–Crippen LogP) is 1.75. The van der Waals surface area contributed by atoms with Gasteiger partial charge in [-0.25, -0.2) is 0 Å². The van der Waals surface area contributed by atoms with Gasteiger partial charge in [-0.1, -0.05) is 15.9 Å². The molecule has 0 bridgehead atoms. The lowest BCUT2D eigenvalue weighted by atomic mass is 10.2. The van der Waals surface area contributed by atoms with Gasteiger partial charge in [-0.15, -0.1) is 0 Å². The summed E-state index contributed by atoms with van der Waals surface area (Å²) in [6.45, 7) is 3.00. The molecule has 1 aliphatic heterocycles. The van der Waals surface area contributed by atoms with Gasteiger partial charge in [0.05, 0.1) is 5.69 Å². The zero-order valence-corrected chi connectivity index (χ0v) is 11.5. The van der Waals surface area contributed by atoms with Crippen LogP contribution in [0.25, 0.3) is 0 Å². The highest BCUT2D eigenvalue weighted by molar-refractivity contribution is 9.10. The van der Waals surface area contributed by atoms with Crippen molar-refractivity contribution in [1.82, 2.24) is 4.31 Å². The number of halogens is 1. The molecule has 0 atom stereocenters. The molecule has 0 spiro atoms. The molecule has 2 rings (SSSR count). The molecule has 88 valence electrons. The summed E-state index contributed by atoms with van der Waals surface area (Å²) >= 11 is 3.40. The van der Waals surface area contributed by atoms with E-state index >= 15 is 0 Å². The van der Waals surface area contributed by atoms with E-state index in [9.17, 15) is 8.42 Å². The molecular weight excluding hydrogens is 292 g/mol. The molecule has 1 aromatic rings. The molecule has 0 aliphatic carbocycles. The van der Waals surface area contributed by atoms with Crippen molar-refractivity contribution in [2.45, 2.75) is 6.92 Å². The van der Waals surface area contributed by atoms with E-state index in [1.54, 1.807) is 7.05 Å². The van der Waals surface area contributed by atoms with Crippen LogP contribution in [-0.2, 0) is 10.2 Å². The van der Waals surface area contributed by atoms with Crippen LogP contribution in [0.15, 0.2) is 22.7 Å². The van der Waals surface area contributed by atoms with Crippen LogP contribution < -0.4 is 4.31 Å². The van der Waals surface area contributed by atoms with Crippen molar-refractivity contribution in [2.24, 2.45) is 0 Å². The van der Waals surface area contributed by atoms with Gasteiger partial charge in [0.15, 0.2) is 0 Å². The van der Waals surface area contributed by atoms with Crippen molar-refractivity contribution in [1.29, 1.82) is 0 Å². The van der Waals surface area contributed by atoms with Crippen LogP contribution in [0, 0.1) is 6.92 Å². The van der Waals surface area contributed by atoms with Crippen LogP contribution >= 0.6 is 15.9 Å². The van der Waals surface area contributed by atoms with E-state index in [2.05, 4.69) is 15.9 Å². The molecule has 1 aliphatic rings. The van der Waals surface area contributed by atoms with Crippen LogP contribution in [0.2, 0.25) is 0 Å². The van der Waals surface area contributed by atoms with E-state index in [-0.39, 0.29) is 0 Å². The van der Waals surface area contributed by atoms with Crippen LogP contribution in [0.5, 0.6) is 0 Å². The molecule has 1 heterocycles. The molecule has 0 saturated carbocycles. The Morgan fingerprint density at radius 1 is 1.31 bits per heavy atom. The molecule has 6 heteroatoms. The number of hydrogen-bond donors (Lipinski definition) is 0. The minimum atomic E-state index is -3.30. The minimum Gasteiger partial charge on any atom is -0.256 e. The first-order chi connectivity index (χ1) is 7.43. The van der Waals surface area contributed by atoms with Gasteiger partial charge in [0, 0.05) is 24.6 Å². The summed E-state index contributed by atoms with van der Waals surface area (Å²) < 4.78 is 27.6. The largest absolute Gasteiger partial charge is 0.303 e. The second kappa shape index (κ2) is 4.01. The Balaban J connectivity index is 2.43. The maximum atomic E-state index is 11.9. The third-order valence-corrected chi connectivity index (χ3v) is 5.53. The minimum absolute atomic E-state index is 0.514. The van der Waals surface area contributed by atoms with Gasteiger partial charge in [-0.3, -0.25) is 4.31 Å². The van der Waals surface area contributed by atoms with Crippen LogP contribution in [0.1, 0.15) is 5.56 Å². The van der Waals surface area contributed by atoms with E-state index in [0.29, 0.717) is 13.1 Å². The lowest BCUT2D eigenvalue weighted by Gasteiger charge is -2.18. The first kappa shape index (κ1) is 11.9. The molecule has 4 nitrogen and oxygen atoms in total. The fraction of sp³-hybridized carbons (Fsp3) is 0.400. The summed E-state index contributed by atoms with van der Waals surface area (Å²) in [4.78, 5) is 0. The summed E-state index contributed by atoms with van der Waals surface area (Å²) in [5, 5.41) is 0. The van der Waals surface area contributed by atoms with Crippen LogP contribution in [0.3, 0.4) is 0 Å². The van der Waals surface area contributed by atoms with Crippen molar-refractivity contribution in [3.63, 3.8) is 0 Å². The van der Waals surface area contributed by atoms with E-state index in [4.69, 9.17) is 0 Å². The lowest BCUT2D eigenvalue weighted by molar-refractivity contribution is 0.511. The average Bonchev–Trinajstić information content (AvgIpc) is 2.47. The molecule has 1 aromatic carbocycles. The second-order valence-electron chi connectivity index (χ2n) is 3.83. The fourth-order valence-electron chi connectivity index (χ4n) is 1.68. The van der Waals surface area contributed by atoms with Crippen LogP contribution in [-0.4, -0.2) is 32.9 Å². The highest BCUT2D eigenvalue weighted by Crippen LogP contribution is 2.27. The van der Waals surface area contributed by atoms with E-state index < -0.39 is 10.2 Å². The van der Waals surface area contributed by atoms with Crippen LogP contribution in [0.4, 0.5) is 5.69 Å². The Labute approximate surface area is 104 Å². The molecule has 0 amide bonds. The maximum absolute atomic E-state index is 11.9. The molecule has 0 N–H and O–H groups in total. The highest BCUT2D eigenvalue weighted by atomic mass is 79.9. The molecular formula is C10H13BrN2O2S. The average molecular weight is 305 g/mol. The third-order valence-electron chi connectivity index (χ3n) is 2.72. The Kier molecular flexibility index (Phi) is 2.98. The lowest BCUT2D eigenvalue weighted by Crippen LogP contribution is -2.30. The van der Waals surface area contributed by atoms with Crippen molar-refractivity contribution < 1.29 is 8.42 Å². The van der Waals surface area contributed by atoms with Gasteiger partial charge in [0.1, 0.15) is 0 Å². The Bertz CT molecular complexity index is 516. The summed E-state index contributed by atoms with van der Waals surface area (Å²) in [7, 11) is -1.70. The summed E-state index contributed by atoms with van der Waals surface area (Å²) in [5.41, 5.74) is 1.76. The molecule has 1 fully saturated rings. The zero-order chi connectivity index (χ0) is 11.9. The maximum Gasteiger partial charge on any atom is 0.303 e. The Hall–Kier alpha value is -0.590. The van der Waals surface area contributed by atoms with E-state index in [0.717, 1.165) is 15.7 Å². The third kappa shape index (κ3) is 1.85. The molecule has 1 saturated heterocycles. The Morgan fingerprint density at radius 3 is 2.50 bits per heavy atom. The number of aryl methyl sites for hydroxylation is 1. The molecule has 0 aromatic heterocycles. The highest BCUT2D eigenvalue weighted by Gasteiger charge is 2.33. The van der Waals surface area contributed by atoms with Gasteiger partial charge in [-0.2, -0.15) is 12.7 Å². The summed E-state index contributed by atoms with van der Waals surface area (Å²) in [5.74, 6) is 0. The van der Waals surface area contributed by atoms with Gasteiger partial charge < -0.3 is 0 Å². The number of anilines is 1. The normalized spacial score (nSPS) is 20.3. The van der Waals surface area contributed by atoms with Gasteiger partial charge in [0.2, 0.25) is 0 Å². The van der Waals surface area contributed by atoms with Crippen molar-refractivity contribution in [3.8, 4) is 0 Å². The van der Waals surface area contributed by atoms with E-state index in [1.165, 1.54) is 8.61 Å². The number of likely N-dealkylation sites (N-methyl/N-ethyl adjacent to an activating group) is 1. The number of rotatable bonds is 1. The van der Waals surface area contributed by atoms with Crippen molar-refractivity contribution in [3.05, 3.63) is 28.2 Å². The second-order valence-corrected chi connectivity index (χ2v) is 6.65. The van der Waals surface area contributed by atoms with Gasteiger partial charge in [0.25, 0.3) is 0 Å². The van der Waals surface area contributed by atoms with E-state index in [1.807, 2.05) is 25.1 Å². The van der Waals surface area contributed by atoms with Gasteiger partial charge in [-0.05, 0) is 30.7 Å². The summed E-state index contributed by atoms with van der Waals surface area (Å²) in [6, 6.07) is 5.56. The smallest absolute Gasteiger partial charge is 0.256 e. The fourth-order valence-corrected chi connectivity index (χ4v) is 3.26. The quantitative estimate of drug-likeness (QED) is 0.793. The first-order valence-electron chi connectivity index (χ1n) is 4.93.